The van der Waals surface area contributed by atoms with Gasteiger partial charge in [0, 0.05) is 18.0 Å². The zero-order chi connectivity index (χ0) is 23.7. The SMILES string of the molecule is CCCCCCCCCCc1cnc(-c2ccc(OCC(F)CCCC(C)CC)cc2)nc1. The first-order valence-electron chi connectivity index (χ1n) is 13.3. The topological polar surface area (TPSA) is 35.0 Å². The molecular weight excluding hydrogens is 411 g/mol. The van der Waals surface area contributed by atoms with E-state index < -0.39 is 6.17 Å². The summed E-state index contributed by atoms with van der Waals surface area (Å²) in [4.78, 5) is 9.09. The van der Waals surface area contributed by atoms with Crippen molar-refractivity contribution in [1.82, 2.24) is 9.97 Å². The molecule has 0 aliphatic heterocycles. The molecule has 0 aliphatic rings. The van der Waals surface area contributed by atoms with Crippen molar-refractivity contribution < 1.29 is 9.13 Å². The van der Waals surface area contributed by atoms with Crippen molar-refractivity contribution in [2.45, 2.75) is 110 Å². The number of aryl methyl sites for hydroxylation is 1. The van der Waals surface area contributed by atoms with Gasteiger partial charge in [-0.05, 0) is 55.0 Å². The van der Waals surface area contributed by atoms with E-state index in [1.165, 1.54) is 56.9 Å². The Hall–Kier alpha value is -1.97. The van der Waals surface area contributed by atoms with Crippen LogP contribution in [0.5, 0.6) is 5.75 Å². The average molecular weight is 457 g/mol. The van der Waals surface area contributed by atoms with Crippen LogP contribution in [-0.2, 0) is 6.42 Å². The number of halogens is 1. The predicted octanol–water partition coefficient (Wildman–Crippen LogP) is 8.76. The van der Waals surface area contributed by atoms with Crippen LogP contribution >= 0.6 is 0 Å². The highest BCUT2D eigenvalue weighted by Gasteiger charge is 2.09. The van der Waals surface area contributed by atoms with Gasteiger partial charge in [-0.25, -0.2) is 14.4 Å². The standard InChI is InChI=1S/C29H45FN2O/c1-4-6-7-8-9-10-11-12-15-25-21-31-29(32-22-25)26-17-19-28(20-18-26)33-23-27(30)16-13-14-24(3)5-2/h17-22,24,27H,4-16,23H2,1-3H3. The third-order valence-corrected chi connectivity index (χ3v) is 6.48. The monoisotopic (exact) mass is 456 g/mol. The molecule has 0 saturated carbocycles. The Morgan fingerprint density at radius 2 is 1.45 bits per heavy atom. The summed E-state index contributed by atoms with van der Waals surface area (Å²) in [6, 6.07) is 7.64. The first-order valence-corrected chi connectivity index (χ1v) is 13.3. The van der Waals surface area contributed by atoms with Crippen LogP contribution < -0.4 is 4.74 Å². The van der Waals surface area contributed by atoms with Gasteiger partial charge in [-0.15, -0.1) is 0 Å². The lowest BCUT2D eigenvalue weighted by Gasteiger charge is -2.12. The number of alkyl halides is 1. The van der Waals surface area contributed by atoms with Crippen LogP contribution in [0.4, 0.5) is 4.39 Å². The molecule has 0 fully saturated rings. The Bertz CT molecular complexity index is 732. The Balaban J connectivity index is 1.67. The molecule has 1 aromatic carbocycles. The minimum absolute atomic E-state index is 0.115. The predicted molar refractivity (Wildman–Crippen MR) is 137 cm³/mol. The highest BCUT2D eigenvalue weighted by molar-refractivity contribution is 5.55. The van der Waals surface area contributed by atoms with Gasteiger partial charge in [0.2, 0.25) is 0 Å². The van der Waals surface area contributed by atoms with E-state index >= 15 is 0 Å². The van der Waals surface area contributed by atoms with Gasteiger partial charge in [0.25, 0.3) is 0 Å². The number of hydrogen-bond acceptors (Lipinski definition) is 3. The smallest absolute Gasteiger partial charge is 0.159 e. The highest BCUT2D eigenvalue weighted by atomic mass is 19.1. The van der Waals surface area contributed by atoms with Crippen molar-refractivity contribution in [2.75, 3.05) is 6.61 Å². The Morgan fingerprint density at radius 3 is 2.09 bits per heavy atom. The number of benzene rings is 1. The second kappa shape index (κ2) is 16.6. The molecule has 1 heterocycles. The lowest BCUT2D eigenvalue weighted by atomic mass is 10.0. The molecule has 0 spiro atoms. The maximum Gasteiger partial charge on any atom is 0.159 e. The molecule has 0 bridgehead atoms. The van der Waals surface area contributed by atoms with E-state index in [0.29, 0.717) is 18.1 Å². The van der Waals surface area contributed by atoms with Gasteiger partial charge in [-0.3, -0.25) is 0 Å². The molecule has 2 rings (SSSR count). The fraction of sp³-hybridized carbons (Fsp3) is 0.655. The van der Waals surface area contributed by atoms with Gasteiger partial charge in [0.15, 0.2) is 5.82 Å². The third-order valence-electron chi connectivity index (χ3n) is 6.48. The van der Waals surface area contributed by atoms with Crippen LogP contribution in [0.15, 0.2) is 36.7 Å². The molecule has 0 amide bonds. The van der Waals surface area contributed by atoms with Crippen molar-refractivity contribution in [3.05, 3.63) is 42.2 Å². The molecule has 2 unspecified atom stereocenters. The molecule has 4 heteroatoms. The Labute approximate surface area is 201 Å². The maximum atomic E-state index is 14.1. The second-order valence-electron chi connectivity index (χ2n) is 9.52. The summed E-state index contributed by atoms with van der Waals surface area (Å²) in [6.07, 6.45) is 18.4. The number of aromatic nitrogens is 2. The van der Waals surface area contributed by atoms with Gasteiger partial charge < -0.3 is 4.74 Å². The van der Waals surface area contributed by atoms with Crippen molar-refractivity contribution >= 4 is 0 Å². The highest BCUT2D eigenvalue weighted by Crippen LogP contribution is 2.21. The molecule has 0 N–H and O–H groups in total. The largest absolute Gasteiger partial charge is 0.491 e. The van der Waals surface area contributed by atoms with Gasteiger partial charge in [-0.2, -0.15) is 0 Å². The molecule has 33 heavy (non-hydrogen) atoms. The summed E-state index contributed by atoms with van der Waals surface area (Å²) < 4.78 is 19.7. The second-order valence-corrected chi connectivity index (χ2v) is 9.52. The van der Waals surface area contributed by atoms with Crippen LogP contribution in [0.25, 0.3) is 11.4 Å². The van der Waals surface area contributed by atoms with Crippen LogP contribution in [0.3, 0.4) is 0 Å². The zero-order valence-electron chi connectivity index (χ0n) is 21.2. The number of nitrogens with zero attached hydrogens (tertiary/aromatic N) is 2. The van der Waals surface area contributed by atoms with Gasteiger partial charge in [0.05, 0.1) is 0 Å². The number of hydrogen-bond donors (Lipinski definition) is 0. The lowest BCUT2D eigenvalue weighted by Crippen LogP contribution is -2.13. The van der Waals surface area contributed by atoms with Crippen LogP contribution in [-0.4, -0.2) is 22.7 Å². The minimum atomic E-state index is -0.911. The molecular formula is C29H45FN2O. The zero-order valence-corrected chi connectivity index (χ0v) is 21.2. The molecule has 3 nitrogen and oxygen atoms in total. The van der Waals surface area contributed by atoms with E-state index in [1.807, 2.05) is 36.7 Å². The first-order chi connectivity index (χ1) is 16.1. The molecule has 1 aromatic heterocycles. The summed E-state index contributed by atoms with van der Waals surface area (Å²) in [6.45, 7) is 6.78. The summed E-state index contributed by atoms with van der Waals surface area (Å²) in [5.74, 6) is 2.08. The summed E-state index contributed by atoms with van der Waals surface area (Å²) in [7, 11) is 0. The summed E-state index contributed by atoms with van der Waals surface area (Å²) >= 11 is 0. The molecule has 0 aliphatic carbocycles. The van der Waals surface area contributed by atoms with Crippen molar-refractivity contribution in [3.63, 3.8) is 0 Å². The lowest BCUT2D eigenvalue weighted by molar-refractivity contribution is 0.182. The van der Waals surface area contributed by atoms with E-state index in [2.05, 4.69) is 30.7 Å². The summed E-state index contributed by atoms with van der Waals surface area (Å²) in [5.41, 5.74) is 2.15. The minimum Gasteiger partial charge on any atom is -0.491 e. The quantitative estimate of drug-likeness (QED) is 0.210. The van der Waals surface area contributed by atoms with Crippen molar-refractivity contribution in [1.29, 1.82) is 0 Å². The van der Waals surface area contributed by atoms with E-state index in [-0.39, 0.29) is 6.61 Å². The van der Waals surface area contributed by atoms with Crippen LogP contribution in [0.2, 0.25) is 0 Å². The van der Waals surface area contributed by atoms with Crippen molar-refractivity contribution in [3.8, 4) is 17.1 Å². The fourth-order valence-corrected chi connectivity index (χ4v) is 3.96. The van der Waals surface area contributed by atoms with E-state index in [1.54, 1.807) is 0 Å². The number of rotatable bonds is 18. The fourth-order valence-electron chi connectivity index (χ4n) is 3.96. The van der Waals surface area contributed by atoms with E-state index in [0.717, 1.165) is 37.1 Å². The normalized spacial score (nSPS) is 13.1. The third kappa shape index (κ3) is 11.6. The average Bonchev–Trinajstić information content (AvgIpc) is 2.85. The Kier molecular flexibility index (Phi) is 13.7. The van der Waals surface area contributed by atoms with Crippen LogP contribution in [0, 0.1) is 5.92 Å². The Morgan fingerprint density at radius 1 is 0.818 bits per heavy atom. The van der Waals surface area contributed by atoms with E-state index in [4.69, 9.17) is 4.74 Å². The molecule has 0 saturated heterocycles. The van der Waals surface area contributed by atoms with Crippen molar-refractivity contribution in [2.24, 2.45) is 5.92 Å². The number of ether oxygens (including phenoxy) is 1. The molecule has 2 atom stereocenters. The molecule has 0 radical (unpaired) electrons. The maximum absolute atomic E-state index is 14.1. The first kappa shape index (κ1) is 27.3. The van der Waals surface area contributed by atoms with E-state index in [9.17, 15) is 4.39 Å². The number of unbranched alkanes of at least 4 members (excludes halogenated alkanes) is 7. The van der Waals surface area contributed by atoms with Gasteiger partial charge >= 0.3 is 0 Å². The summed E-state index contributed by atoms with van der Waals surface area (Å²) in [5, 5.41) is 0. The van der Waals surface area contributed by atoms with Crippen LogP contribution in [0.1, 0.15) is 103 Å². The molecule has 2 aromatic rings. The van der Waals surface area contributed by atoms with Gasteiger partial charge in [-0.1, -0.05) is 85.0 Å². The van der Waals surface area contributed by atoms with Gasteiger partial charge in [0.1, 0.15) is 18.5 Å². The molecule has 184 valence electrons.